The van der Waals surface area contributed by atoms with Crippen molar-refractivity contribution in [2.45, 2.75) is 37.9 Å². The second-order valence-corrected chi connectivity index (χ2v) is 6.72. The molecular weight excluding hydrogens is 316 g/mol. The Labute approximate surface area is 120 Å². The van der Waals surface area contributed by atoms with Crippen molar-refractivity contribution in [1.82, 2.24) is 0 Å². The summed E-state index contributed by atoms with van der Waals surface area (Å²) in [6.07, 6.45) is 0. The Morgan fingerprint density at radius 1 is 1.44 bits per heavy atom. The van der Waals surface area contributed by atoms with E-state index in [0.717, 1.165) is 14.9 Å². The first-order valence-corrected chi connectivity index (χ1v) is 7.33. The highest BCUT2D eigenvalue weighted by Gasteiger charge is 2.16. The Kier molecular flexibility index (Phi) is 5.69. The number of hydrogen-bond donors (Lipinski definition) is 1. The van der Waals surface area contributed by atoms with E-state index in [9.17, 15) is 9.90 Å². The van der Waals surface area contributed by atoms with Crippen molar-refractivity contribution in [1.29, 1.82) is 0 Å². The van der Waals surface area contributed by atoms with Crippen LogP contribution in [-0.2, 0) is 16.1 Å². The SMILES string of the molecule is CC(C)(C)OC(=O)CSc1cc(Br)ccc1CO. The summed E-state index contributed by atoms with van der Waals surface area (Å²) in [5, 5.41) is 9.22. The smallest absolute Gasteiger partial charge is 0.316 e. The van der Waals surface area contributed by atoms with Crippen LogP contribution in [0.5, 0.6) is 0 Å². The summed E-state index contributed by atoms with van der Waals surface area (Å²) in [5.74, 6) is -0.0165. The number of aliphatic hydroxyl groups excluding tert-OH is 1. The zero-order valence-electron chi connectivity index (χ0n) is 10.7. The largest absolute Gasteiger partial charge is 0.459 e. The van der Waals surface area contributed by atoms with Crippen LogP contribution in [0.3, 0.4) is 0 Å². The fourth-order valence-corrected chi connectivity index (χ4v) is 2.67. The van der Waals surface area contributed by atoms with Crippen LogP contribution < -0.4 is 0 Å². The van der Waals surface area contributed by atoms with Gasteiger partial charge in [-0.3, -0.25) is 4.79 Å². The van der Waals surface area contributed by atoms with E-state index in [0.29, 0.717) is 0 Å². The molecule has 0 radical (unpaired) electrons. The molecule has 0 aromatic heterocycles. The quantitative estimate of drug-likeness (QED) is 0.678. The Balaban J connectivity index is 2.63. The summed E-state index contributed by atoms with van der Waals surface area (Å²) in [7, 11) is 0. The lowest BCUT2D eigenvalue weighted by atomic mass is 10.2. The predicted octanol–water partition coefficient (Wildman–Crippen LogP) is 3.38. The summed E-state index contributed by atoms with van der Waals surface area (Å²) in [6, 6.07) is 5.59. The van der Waals surface area contributed by atoms with Crippen molar-refractivity contribution in [3.05, 3.63) is 28.2 Å². The predicted molar refractivity (Wildman–Crippen MR) is 76.6 cm³/mol. The van der Waals surface area contributed by atoms with Crippen LogP contribution in [0, 0.1) is 0 Å². The lowest BCUT2D eigenvalue weighted by Crippen LogP contribution is -2.24. The number of ether oxygens (including phenoxy) is 1. The molecule has 100 valence electrons. The standard InChI is InChI=1S/C13H17BrO3S/c1-13(2,3)17-12(16)8-18-11-6-10(14)5-4-9(11)7-15/h4-6,15H,7-8H2,1-3H3. The number of halogens is 1. The van der Waals surface area contributed by atoms with Gasteiger partial charge in [0.1, 0.15) is 5.60 Å². The van der Waals surface area contributed by atoms with Crippen LogP contribution in [0.4, 0.5) is 0 Å². The first-order chi connectivity index (χ1) is 8.31. The number of carbonyl (C=O) groups is 1. The Hall–Kier alpha value is -0.520. The molecule has 0 amide bonds. The van der Waals surface area contributed by atoms with E-state index in [4.69, 9.17) is 4.74 Å². The zero-order valence-corrected chi connectivity index (χ0v) is 13.1. The maximum Gasteiger partial charge on any atom is 0.316 e. The van der Waals surface area contributed by atoms with Crippen molar-refractivity contribution in [2.24, 2.45) is 0 Å². The van der Waals surface area contributed by atoms with Gasteiger partial charge in [0, 0.05) is 9.37 Å². The highest BCUT2D eigenvalue weighted by Crippen LogP contribution is 2.27. The second kappa shape index (κ2) is 6.59. The van der Waals surface area contributed by atoms with Crippen molar-refractivity contribution >= 4 is 33.7 Å². The van der Waals surface area contributed by atoms with E-state index in [1.165, 1.54) is 11.8 Å². The lowest BCUT2D eigenvalue weighted by Gasteiger charge is -2.19. The van der Waals surface area contributed by atoms with E-state index in [-0.39, 0.29) is 18.3 Å². The lowest BCUT2D eigenvalue weighted by molar-refractivity contribution is -0.151. The normalized spacial score (nSPS) is 11.4. The molecule has 1 N–H and O–H groups in total. The van der Waals surface area contributed by atoms with Gasteiger partial charge in [-0.1, -0.05) is 22.0 Å². The molecule has 0 heterocycles. The summed E-state index contributed by atoms with van der Waals surface area (Å²) < 4.78 is 6.15. The third kappa shape index (κ3) is 5.42. The summed E-state index contributed by atoms with van der Waals surface area (Å²) >= 11 is 4.74. The monoisotopic (exact) mass is 332 g/mol. The highest BCUT2D eigenvalue weighted by atomic mass is 79.9. The molecule has 0 fully saturated rings. The molecule has 0 saturated heterocycles. The molecule has 0 aliphatic carbocycles. The number of aliphatic hydroxyl groups is 1. The number of rotatable bonds is 4. The second-order valence-electron chi connectivity index (χ2n) is 4.79. The van der Waals surface area contributed by atoms with Crippen LogP contribution >= 0.6 is 27.7 Å². The summed E-state index contributed by atoms with van der Waals surface area (Å²) in [4.78, 5) is 12.5. The molecule has 0 saturated carbocycles. The maximum atomic E-state index is 11.6. The molecule has 0 unspecified atom stereocenters. The van der Waals surface area contributed by atoms with Gasteiger partial charge in [0.15, 0.2) is 0 Å². The van der Waals surface area contributed by atoms with E-state index < -0.39 is 5.60 Å². The molecule has 1 rings (SSSR count). The zero-order chi connectivity index (χ0) is 13.8. The van der Waals surface area contributed by atoms with Gasteiger partial charge in [0.05, 0.1) is 12.4 Å². The van der Waals surface area contributed by atoms with Crippen LogP contribution in [0.1, 0.15) is 26.3 Å². The van der Waals surface area contributed by atoms with Crippen LogP contribution in [0.15, 0.2) is 27.6 Å². The minimum absolute atomic E-state index is 0.0378. The number of thioether (sulfide) groups is 1. The van der Waals surface area contributed by atoms with Gasteiger partial charge in [-0.15, -0.1) is 11.8 Å². The van der Waals surface area contributed by atoms with Gasteiger partial charge in [-0.05, 0) is 38.5 Å². The fraction of sp³-hybridized carbons (Fsp3) is 0.462. The van der Waals surface area contributed by atoms with Crippen molar-refractivity contribution < 1.29 is 14.6 Å². The number of esters is 1. The van der Waals surface area contributed by atoms with E-state index in [2.05, 4.69) is 15.9 Å². The topological polar surface area (TPSA) is 46.5 Å². The first-order valence-electron chi connectivity index (χ1n) is 5.56. The molecule has 0 aliphatic rings. The summed E-state index contributed by atoms with van der Waals surface area (Å²) in [5.41, 5.74) is 0.348. The van der Waals surface area contributed by atoms with Crippen LogP contribution in [-0.4, -0.2) is 22.4 Å². The van der Waals surface area contributed by atoms with E-state index >= 15 is 0 Å². The van der Waals surface area contributed by atoms with Gasteiger partial charge in [0.2, 0.25) is 0 Å². The Bertz CT molecular complexity index is 427. The van der Waals surface area contributed by atoms with Crippen molar-refractivity contribution in [2.75, 3.05) is 5.75 Å². The molecule has 0 aliphatic heterocycles. The third-order valence-electron chi connectivity index (χ3n) is 1.97. The first kappa shape index (κ1) is 15.5. The molecule has 0 spiro atoms. The molecule has 0 atom stereocenters. The van der Waals surface area contributed by atoms with Crippen molar-refractivity contribution in [3.8, 4) is 0 Å². The minimum atomic E-state index is -0.464. The average molecular weight is 333 g/mol. The molecule has 18 heavy (non-hydrogen) atoms. The van der Waals surface area contributed by atoms with Crippen LogP contribution in [0.2, 0.25) is 0 Å². The van der Waals surface area contributed by atoms with Gasteiger partial charge in [-0.25, -0.2) is 0 Å². The van der Waals surface area contributed by atoms with E-state index in [1.54, 1.807) is 0 Å². The maximum absolute atomic E-state index is 11.6. The van der Waals surface area contributed by atoms with Gasteiger partial charge in [-0.2, -0.15) is 0 Å². The van der Waals surface area contributed by atoms with E-state index in [1.807, 2.05) is 39.0 Å². The number of benzene rings is 1. The molecule has 0 bridgehead atoms. The highest BCUT2D eigenvalue weighted by molar-refractivity contribution is 9.10. The average Bonchev–Trinajstić information content (AvgIpc) is 2.24. The van der Waals surface area contributed by atoms with Gasteiger partial charge >= 0.3 is 5.97 Å². The Morgan fingerprint density at radius 2 is 2.11 bits per heavy atom. The molecular formula is C13H17BrO3S. The number of hydrogen-bond acceptors (Lipinski definition) is 4. The van der Waals surface area contributed by atoms with Gasteiger partial charge in [0.25, 0.3) is 0 Å². The van der Waals surface area contributed by atoms with Crippen molar-refractivity contribution in [3.63, 3.8) is 0 Å². The third-order valence-corrected chi connectivity index (χ3v) is 3.53. The van der Waals surface area contributed by atoms with Gasteiger partial charge < -0.3 is 9.84 Å². The fourth-order valence-electron chi connectivity index (χ4n) is 1.30. The molecule has 1 aromatic rings. The van der Waals surface area contributed by atoms with Crippen LogP contribution in [0.25, 0.3) is 0 Å². The molecule has 3 nitrogen and oxygen atoms in total. The molecule has 1 aromatic carbocycles. The number of carbonyl (C=O) groups excluding carboxylic acids is 1. The molecule has 5 heteroatoms. The summed E-state index contributed by atoms with van der Waals surface area (Å²) in [6.45, 7) is 5.49. The Morgan fingerprint density at radius 3 is 2.67 bits per heavy atom. The minimum Gasteiger partial charge on any atom is -0.459 e.